The van der Waals surface area contributed by atoms with Crippen LogP contribution >= 0.6 is 11.6 Å². The summed E-state index contributed by atoms with van der Waals surface area (Å²) >= 11 is 5.60. The molecule has 0 aliphatic heterocycles. The minimum atomic E-state index is 0.484. The monoisotopic (exact) mass is 157 g/mol. The van der Waals surface area contributed by atoms with E-state index in [9.17, 15) is 5.21 Å². The summed E-state index contributed by atoms with van der Waals surface area (Å²) in [6.07, 6.45) is 1.35. The summed E-state index contributed by atoms with van der Waals surface area (Å²) in [5, 5.41) is 11.4. The van der Waals surface area contributed by atoms with Crippen LogP contribution in [0.15, 0.2) is 12.3 Å². The quantitative estimate of drug-likeness (QED) is 0.415. The second-order valence-corrected chi connectivity index (χ2v) is 2.69. The molecule has 0 saturated carbocycles. The van der Waals surface area contributed by atoms with Gasteiger partial charge in [-0.05, 0) is 13.0 Å². The molecule has 0 bridgehead atoms. The molecule has 0 radical (unpaired) electrons. The van der Waals surface area contributed by atoms with Crippen molar-refractivity contribution in [1.29, 1.82) is 0 Å². The Morgan fingerprint density at radius 3 is 2.60 bits per heavy atom. The molecule has 0 aliphatic rings. The Labute approximate surface area is 64.6 Å². The molecule has 1 aromatic heterocycles. The third-order valence-corrected chi connectivity index (χ3v) is 1.70. The van der Waals surface area contributed by atoms with Gasteiger partial charge in [0.2, 0.25) is 0 Å². The van der Waals surface area contributed by atoms with Gasteiger partial charge >= 0.3 is 0 Å². The summed E-state index contributed by atoms with van der Waals surface area (Å²) in [6, 6.07) is 1.77. The van der Waals surface area contributed by atoms with Gasteiger partial charge in [0, 0.05) is 12.5 Å². The maximum absolute atomic E-state index is 10.9. The van der Waals surface area contributed by atoms with Crippen molar-refractivity contribution in [3.8, 4) is 0 Å². The Hall–Kier alpha value is -0.760. The zero-order chi connectivity index (χ0) is 7.72. The first kappa shape index (κ1) is 7.35. The van der Waals surface area contributed by atoms with Crippen LogP contribution in [0.4, 0.5) is 0 Å². The van der Waals surface area contributed by atoms with Gasteiger partial charge in [-0.15, -0.1) is 0 Å². The first-order valence-electron chi connectivity index (χ1n) is 2.97. The highest BCUT2D eigenvalue weighted by atomic mass is 35.5. The molecular weight excluding hydrogens is 150 g/mol. The molecule has 3 heteroatoms. The fraction of sp³-hybridized carbons (Fsp3) is 0.286. The fourth-order valence-electron chi connectivity index (χ4n) is 0.731. The van der Waals surface area contributed by atoms with Gasteiger partial charge in [-0.2, -0.15) is 4.73 Å². The lowest BCUT2D eigenvalue weighted by Crippen LogP contribution is -2.30. The van der Waals surface area contributed by atoms with E-state index in [0.29, 0.717) is 10.7 Å². The molecule has 0 N–H and O–H groups in total. The lowest BCUT2D eigenvalue weighted by molar-refractivity contribution is -0.612. The fourth-order valence-corrected chi connectivity index (χ4v) is 0.983. The molecule has 10 heavy (non-hydrogen) atoms. The number of halogens is 1. The molecule has 0 atom stereocenters. The van der Waals surface area contributed by atoms with E-state index in [2.05, 4.69) is 0 Å². The second kappa shape index (κ2) is 2.46. The molecule has 2 nitrogen and oxygen atoms in total. The Kier molecular flexibility index (Phi) is 1.81. The lowest BCUT2D eigenvalue weighted by Gasteiger charge is -2.02. The summed E-state index contributed by atoms with van der Waals surface area (Å²) in [5.74, 6) is 0. The maximum atomic E-state index is 10.9. The number of hydrogen-bond donors (Lipinski definition) is 0. The summed E-state index contributed by atoms with van der Waals surface area (Å²) in [6.45, 7) is 3.62. The van der Waals surface area contributed by atoms with E-state index in [0.717, 1.165) is 10.3 Å². The average Bonchev–Trinajstić information content (AvgIpc) is 1.82. The van der Waals surface area contributed by atoms with Gasteiger partial charge in [-0.3, -0.25) is 0 Å². The van der Waals surface area contributed by atoms with Gasteiger partial charge in [0.05, 0.1) is 0 Å². The largest absolute Gasteiger partial charge is 0.618 e. The van der Waals surface area contributed by atoms with Crippen molar-refractivity contribution in [1.82, 2.24) is 0 Å². The van der Waals surface area contributed by atoms with E-state index in [4.69, 9.17) is 11.6 Å². The zero-order valence-electron chi connectivity index (χ0n) is 5.89. The predicted octanol–water partition coefficient (Wildman–Crippen LogP) is 1.59. The van der Waals surface area contributed by atoms with E-state index in [-0.39, 0.29) is 0 Å². The van der Waals surface area contributed by atoms with Gasteiger partial charge in [-0.1, -0.05) is 11.6 Å². The minimum Gasteiger partial charge on any atom is -0.618 e. The Balaban J connectivity index is 3.31. The highest BCUT2D eigenvalue weighted by Gasteiger charge is 2.03. The SMILES string of the molecule is Cc1cc(Cl)c[n+]([O-])c1C. The number of pyridine rings is 1. The lowest BCUT2D eigenvalue weighted by atomic mass is 10.2. The molecule has 0 spiro atoms. The molecule has 54 valence electrons. The number of nitrogens with zero attached hydrogens (tertiary/aromatic N) is 1. The van der Waals surface area contributed by atoms with Crippen LogP contribution in [0.5, 0.6) is 0 Å². The zero-order valence-corrected chi connectivity index (χ0v) is 6.64. The summed E-state index contributed by atoms with van der Waals surface area (Å²) in [7, 11) is 0. The predicted molar refractivity (Wildman–Crippen MR) is 39.9 cm³/mol. The van der Waals surface area contributed by atoms with Gasteiger partial charge in [0.25, 0.3) is 0 Å². The maximum Gasteiger partial charge on any atom is 0.199 e. The topological polar surface area (TPSA) is 26.9 Å². The van der Waals surface area contributed by atoms with Crippen molar-refractivity contribution in [2.45, 2.75) is 13.8 Å². The summed E-state index contributed by atoms with van der Waals surface area (Å²) in [5.41, 5.74) is 1.62. The van der Waals surface area contributed by atoms with Crippen LogP contribution in [-0.2, 0) is 0 Å². The van der Waals surface area contributed by atoms with Crippen molar-refractivity contribution in [2.75, 3.05) is 0 Å². The molecule has 0 saturated heterocycles. The van der Waals surface area contributed by atoms with Crippen molar-refractivity contribution in [2.24, 2.45) is 0 Å². The van der Waals surface area contributed by atoms with Crippen LogP contribution in [0, 0.1) is 19.1 Å². The molecule has 0 fully saturated rings. The summed E-state index contributed by atoms with van der Waals surface area (Å²) < 4.78 is 0.775. The molecule has 0 aromatic carbocycles. The van der Waals surface area contributed by atoms with Gasteiger partial charge in [-0.25, -0.2) is 0 Å². The average molecular weight is 158 g/mol. The number of aromatic nitrogens is 1. The van der Waals surface area contributed by atoms with Crippen molar-refractivity contribution in [3.05, 3.63) is 33.8 Å². The van der Waals surface area contributed by atoms with Crippen LogP contribution in [0.3, 0.4) is 0 Å². The van der Waals surface area contributed by atoms with Crippen molar-refractivity contribution < 1.29 is 4.73 Å². The normalized spacial score (nSPS) is 9.90. The second-order valence-electron chi connectivity index (χ2n) is 2.25. The van der Waals surface area contributed by atoms with Crippen LogP contribution in [0.25, 0.3) is 0 Å². The van der Waals surface area contributed by atoms with Gasteiger partial charge < -0.3 is 5.21 Å². The van der Waals surface area contributed by atoms with Gasteiger partial charge in [0.15, 0.2) is 11.9 Å². The third kappa shape index (κ3) is 1.21. The van der Waals surface area contributed by atoms with Crippen LogP contribution in [0.1, 0.15) is 11.3 Å². The van der Waals surface area contributed by atoms with Crippen LogP contribution < -0.4 is 4.73 Å². The standard InChI is InChI=1S/C7H8ClNO/c1-5-3-7(8)4-9(10)6(5)2/h3-4H,1-2H3. The smallest absolute Gasteiger partial charge is 0.199 e. The van der Waals surface area contributed by atoms with E-state index < -0.39 is 0 Å². The first-order chi connectivity index (χ1) is 4.61. The molecule has 1 aromatic rings. The summed E-state index contributed by atoms with van der Waals surface area (Å²) in [4.78, 5) is 0. The Morgan fingerprint density at radius 1 is 1.50 bits per heavy atom. The Morgan fingerprint density at radius 2 is 2.10 bits per heavy atom. The van der Waals surface area contributed by atoms with E-state index >= 15 is 0 Å². The molecule has 0 amide bonds. The van der Waals surface area contributed by atoms with Crippen molar-refractivity contribution in [3.63, 3.8) is 0 Å². The number of aryl methyl sites for hydroxylation is 1. The van der Waals surface area contributed by atoms with E-state index in [1.54, 1.807) is 13.0 Å². The molecule has 1 heterocycles. The number of rotatable bonds is 0. The molecule has 0 aliphatic carbocycles. The first-order valence-corrected chi connectivity index (χ1v) is 3.35. The molecular formula is C7H8ClNO. The molecule has 1 rings (SSSR count). The van der Waals surface area contributed by atoms with Crippen LogP contribution in [0.2, 0.25) is 5.02 Å². The number of hydrogen-bond acceptors (Lipinski definition) is 1. The van der Waals surface area contributed by atoms with E-state index in [1.165, 1.54) is 6.20 Å². The highest BCUT2D eigenvalue weighted by molar-refractivity contribution is 6.30. The van der Waals surface area contributed by atoms with Crippen LogP contribution in [-0.4, -0.2) is 0 Å². The van der Waals surface area contributed by atoms with Gasteiger partial charge in [0.1, 0.15) is 5.02 Å². The third-order valence-electron chi connectivity index (χ3n) is 1.50. The Bertz CT molecular complexity index is 237. The minimum absolute atomic E-state index is 0.484. The molecule has 0 unspecified atom stereocenters. The van der Waals surface area contributed by atoms with E-state index in [1.807, 2.05) is 6.92 Å². The highest BCUT2D eigenvalue weighted by Crippen LogP contribution is 2.08. The van der Waals surface area contributed by atoms with Crippen molar-refractivity contribution >= 4 is 11.6 Å².